The fourth-order valence-corrected chi connectivity index (χ4v) is 3.20. The minimum absolute atomic E-state index is 0.289. The number of rotatable bonds is 8. The summed E-state index contributed by atoms with van der Waals surface area (Å²) >= 11 is 0. The summed E-state index contributed by atoms with van der Waals surface area (Å²) in [7, 11) is 0. The molecular formula is C14H29N3O. The molecule has 2 unspecified atom stereocenters. The fraction of sp³-hybridized carbons (Fsp3) is 1.00. The van der Waals surface area contributed by atoms with Crippen LogP contribution in [0.4, 0.5) is 0 Å². The van der Waals surface area contributed by atoms with Gasteiger partial charge in [-0.05, 0) is 37.6 Å². The summed E-state index contributed by atoms with van der Waals surface area (Å²) in [6, 6.07) is 0.598. The van der Waals surface area contributed by atoms with Crippen LogP contribution in [0.15, 0.2) is 0 Å². The van der Waals surface area contributed by atoms with Crippen LogP contribution in [0.5, 0.6) is 0 Å². The Morgan fingerprint density at radius 1 is 1.22 bits per heavy atom. The van der Waals surface area contributed by atoms with E-state index in [4.69, 9.17) is 10.8 Å². The van der Waals surface area contributed by atoms with Crippen molar-refractivity contribution in [3.63, 3.8) is 0 Å². The van der Waals surface area contributed by atoms with Crippen LogP contribution in [0.3, 0.4) is 0 Å². The van der Waals surface area contributed by atoms with Crippen molar-refractivity contribution in [3.05, 3.63) is 0 Å². The van der Waals surface area contributed by atoms with E-state index in [0.29, 0.717) is 6.04 Å². The maximum absolute atomic E-state index is 8.84. The molecule has 0 radical (unpaired) electrons. The summed E-state index contributed by atoms with van der Waals surface area (Å²) in [6.45, 7) is 5.39. The molecule has 0 amide bonds. The van der Waals surface area contributed by atoms with E-state index in [0.717, 1.165) is 44.4 Å². The molecule has 0 spiro atoms. The van der Waals surface area contributed by atoms with Gasteiger partial charge in [-0.25, -0.2) is 0 Å². The summed E-state index contributed by atoms with van der Waals surface area (Å²) in [4.78, 5) is 2.52. The van der Waals surface area contributed by atoms with Crippen LogP contribution in [0, 0.1) is 11.8 Å². The molecule has 2 fully saturated rings. The molecule has 1 saturated carbocycles. The summed E-state index contributed by atoms with van der Waals surface area (Å²) < 4.78 is 0. The normalized spacial score (nSPS) is 29.7. The topological polar surface area (TPSA) is 61.5 Å². The van der Waals surface area contributed by atoms with Crippen molar-refractivity contribution in [2.75, 3.05) is 39.3 Å². The first-order chi connectivity index (χ1) is 8.81. The van der Waals surface area contributed by atoms with Crippen LogP contribution in [-0.2, 0) is 0 Å². The number of nitrogens with one attached hydrogen (secondary N) is 1. The van der Waals surface area contributed by atoms with Gasteiger partial charge in [0.25, 0.3) is 0 Å². The van der Waals surface area contributed by atoms with Crippen LogP contribution in [-0.4, -0.2) is 55.4 Å². The molecule has 0 aromatic rings. The Labute approximate surface area is 111 Å². The third-order valence-corrected chi connectivity index (χ3v) is 4.19. The number of likely N-dealkylation sites (tertiary alicyclic amines) is 1. The molecule has 4 nitrogen and oxygen atoms in total. The molecule has 1 heterocycles. The predicted octanol–water partition coefficient (Wildman–Crippen LogP) is 0.408. The van der Waals surface area contributed by atoms with Gasteiger partial charge in [0, 0.05) is 38.8 Å². The molecule has 106 valence electrons. The number of aliphatic hydroxyl groups excluding tert-OH is 1. The Morgan fingerprint density at radius 3 is 2.72 bits per heavy atom. The van der Waals surface area contributed by atoms with E-state index in [1.807, 2.05) is 0 Å². The van der Waals surface area contributed by atoms with E-state index < -0.39 is 0 Å². The summed E-state index contributed by atoms with van der Waals surface area (Å²) in [5, 5.41) is 12.4. The second kappa shape index (κ2) is 7.43. The average molecular weight is 255 g/mol. The minimum atomic E-state index is 0.289. The van der Waals surface area contributed by atoms with Crippen LogP contribution >= 0.6 is 0 Å². The standard InChI is InChI=1S/C14H29N3O/c15-4-6-17-10-13(8-12-2-3-12)9-14(11-17)16-5-1-7-18/h12-14,16,18H,1-11,15H2. The molecule has 18 heavy (non-hydrogen) atoms. The highest BCUT2D eigenvalue weighted by atomic mass is 16.3. The number of nitrogens with two attached hydrogens (primary N) is 1. The second-order valence-electron chi connectivity index (χ2n) is 6.06. The van der Waals surface area contributed by atoms with E-state index in [1.54, 1.807) is 0 Å². The maximum atomic E-state index is 8.84. The predicted molar refractivity (Wildman–Crippen MR) is 74.4 cm³/mol. The zero-order valence-electron chi connectivity index (χ0n) is 11.5. The maximum Gasteiger partial charge on any atom is 0.0443 e. The van der Waals surface area contributed by atoms with Crippen molar-refractivity contribution in [3.8, 4) is 0 Å². The molecule has 4 N–H and O–H groups in total. The molecule has 4 heteroatoms. The van der Waals surface area contributed by atoms with E-state index >= 15 is 0 Å². The highest BCUT2D eigenvalue weighted by molar-refractivity contribution is 4.87. The number of piperidine rings is 1. The molecular weight excluding hydrogens is 226 g/mol. The first-order valence-electron chi connectivity index (χ1n) is 7.58. The van der Waals surface area contributed by atoms with Gasteiger partial charge in [0.1, 0.15) is 0 Å². The van der Waals surface area contributed by atoms with E-state index in [9.17, 15) is 0 Å². The van der Waals surface area contributed by atoms with Crippen molar-refractivity contribution < 1.29 is 5.11 Å². The highest BCUT2D eigenvalue weighted by Crippen LogP contribution is 2.37. The lowest BCUT2D eigenvalue weighted by atomic mass is 9.89. The Kier molecular flexibility index (Phi) is 5.89. The fourth-order valence-electron chi connectivity index (χ4n) is 3.20. The Morgan fingerprint density at radius 2 is 2.06 bits per heavy atom. The van der Waals surface area contributed by atoms with Crippen LogP contribution in [0.1, 0.15) is 32.1 Å². The van der Waals surface area contributed by atoms with E-state index in [1.165, 1.54) is 32.2 Å². The summed E-state index contributed by atoms with van der Waals surface area (Å²) in [5.74, 6) is 1.87. The van der Waals surface area contributed by atoms with Gasteiger partial charge >= 0.3 is 0 Å². The monoisotopic (exact) mass is 255 g/mol. The largest absolute Gasteiger partial charge is 0.396 e. The van der Waals surface area contributed by atoms with Gasteiger partial charge in [-0.3, -0.25) is 0 Å². The van der Waals surface area contributed by atoms with Crippen LogP contribution in [0.25, 0.3) is 0 Å². The molecule has 1 saturated heterocycles. The lowest BCUT2D eigenvalue weighted by Gasteiger charge is -2.38. The van der Waals surface area contributed by atoms with Gasteiger partial charge in [0.2, 0.25) is 0 Å². The highest BCUT2D eigenvalue weighted by Gasteiger charge is 2.31. The van der Waals surface area contributed by atoms with E-state index in [-0.39, 0.29) is 6.61 Å². The summed E-state index contributed by atoms with van der Waals surface area (Å²) in [6.07, 6.45) is 6.49. The third kappa shape index (κ3) is 4.84. The third-order valence-electron chi connectivity index (χ3n) is 4.19. The SMILES string of the molecule is NCCN1CC(CC2CC2)CC(NCCCO)C1. The molecule has 1 aliphatic heterocycles. The van der Waals surface area contributed by atoms with Gasteiger partial charge in [-0.2, -0.15) is 0 Å². The van der Waals surface area contributed by atoms with Gasteiger partial charge < -0.3 is 21.1 Å². The number of aliphatic hydroxyl groups is 1. The first kappa shape index (κ1) is 14.3. The van der Waals surface area contributed by atoms with Gasteiger partial charge in [0.15, 0.2) is 0 Å². The zero-order valence-corrected chi connectivity index (χ0v) is 11.5. The van der Waals surface area contributed by atoms with Gasteiger partial charge in [0.05, 0.1) is 0 Å². The lowest BCUT2D eigenvalue weighted by molar-refractivity contribution is 0.134. The van der Waals surface area contributed by atoms with Crippen molar-refractivity contribution >= 4 is 0 Å². The lowest BCUT2D eigenvalue weighted by Crippen LogP contribution is -2.50. The van der Waals surface area contributed by atoms with Crippen molar-refractivity contribution in [1.82, 2.24) is 10.2 Å². The summed E-state index contributed by atoms with van der Waals surface area (Å²) in [5.41, 5.74) is 5.69. The molecule has 0 bridgehead atoms. The molecule has 2 atom stereocenters. The number of nitrogens with zero attached hydrogens (tertiary/aromatic N) is 1. The quantitative estimate of drug-likeness (QED) is 0.550. The Bertz CT molecular complexity index is 233. The smallest absolute Gasteiger partial charge is 0.0443 e. The van der Waals surface area contributed by atoms with Crippen molar-refractivity contribution in [1.29, 1.82) is 0 Å². The average Bonchev–Trinajstić information content (AvgIpc) is 3.13. The molecule has 2 aliphatic rings. The van der Waals surface area contributed by atoms with Crippen LogP contribution < -0.4 is 11.1 Å². The van der Waals surface area contributed by atoms with Gasteiger partial charge in [-0.15, -0.1) is 0 Å². The first-order valence-corrected chi connectivity index (χ1v) is 7.58. The molecule has 2 rings (SSSR count). The Balaban J connectivity index is 1.76. The van der Waals surface area contributed by atoms with Gasteiger partial charge in [-0.1, -0.05) is 12.8 Å². The Hall–Kier alpha value is -0.160. The second-order valence-corrected chi connectivity index (χ2v) is 6.06. The number of hydrogen-bond acceptors (Lipinski definition) is 4. The zero-order chi connectivity index (χ0) is 12.8. The van der Waals surface area contributed by atoms with Crippen molar-refractivity contribution in [2.24, 2.45) is 17.6 Å². The van der Waals surface area contributed by atoms with Crippen LogP contribution in [0.2, 0.25) is 0 Å². The van der Waals surface area contributed by atoms with E-state index in [2.05, 4.69) is 10.2 Å². The van der Waals surface area contributed by atoms with Crippen molar-refractivity contribution in [2.45, 2.75) is 38.1 Å². The molecule has 1 aliphatic carbocycles. The molecule has 0 aromatic heterocycles. The molecule has 0 aromatic carbocycles. The minimum Gasteiger partial charge on any atom is -0.396 e. The number of hydrogen-bond donors (Lipinski definition) is 3.